The number of carbonyl (C=O) groups is 1. The summed E-state index contributed by atoms with van der Waals surface area (Å²) < 4.78 is 1.97. The van der Waals surface area contributed by atoms with Crippen LogP contribution in [0.25, 0.3) is 0 Å². The molecule has 1 N–H and O–H groups in total. The molecule has 3 rings (SSSR count). The maximum Gasteiger partial charge on any atom is 0.407 e. The van der Waals surface area contributed by atoms with Crippen molar-refractivity contribution in [1.82, 2.24) is 14.7 Å². The van der Waals surface area contributed by atoms with Crippen molar-refractivity contribution >= 4 is 6.09 Å². The average Bonchev–Trinajstić information content (AvgIpc) is 2.72. The summed E-state index contributed by atoms with van der Waals surface area (Å²) in [5, 5.41) is 13.2. The number of aromatic nitrogens is 2. The molecule has 0 atom stereocenters. The molecule has 1 aliphatic heterocycles. The minimum atomic E-state index is -0.859. The van der Waals surface area contributed by atoms with E-state index in [-0.39, 0.29) is 0 Å². The van der Waals surface area contributed by atoms with Crippen molar-refractivity contribution in [2.75, 3.05) is 0 Å². The van der Waals surface area contributed by atoms with Crippen molar-refractivity contribution in [2.24, 2.45) is 5.92 Å². The average molecular weight is 207 g/mol. The lowest BCUT2D eigenvalue weighted by molar-refractivity contribution is 0.144. The van der Waals surface area contributed by atoms with Gasteiger partial charge in [-0.1, -0.05) is 0 Å². The molecule has 2 aliphatic rings. The van der Waals surface area contributed by atoms with Crippen LogP contribution in [0.3, 0.4) is 0 Å². The van der Waals surface area contributed by atoms with E-state index >= 15 is 0 Å². The molecule has 2 heterocycles. The molecule has 0 unspecified atom stereocenters. The zero-order chi connectivity index (χ0) is 10.4. The molecule has 1 aromatic rings. The highest BCUT2D eigenvalue weighted by Crippen LogP contribution is 2.31. The molecule has 0 spiro atoms. The van der Waals surface area contributed by atoms with Crippen LogP contribution in [0.1, 0.15) is 24.1 Å². The molecule has 1 aromatic heterocycles. The summed E-state index contributed by atoms with van der Waals surface area (Å²) in [6, 6.07) is 0. The van der Waals surface area contributed by atoms with Gasteiger partial charge in [0.2, 0.25) is 0 Å². The van der Waals surface area contributed by atoms with E-state index < -0.39 is 6.09 Å². The van der Waals surface area contributed by atoms with E-state index in [2.05, 4.69) is 5.10 Å². The van der Waals surface area contributed by atoms with Crippen LogP contribution in [-0.4, -0.2) is 25.9 Å². The minimum absolute atomic E-state index is 0.447. The third-order valence-electron chi connectivity index (χ3n) is 3.04. The van der Waals surface area contributed by atoms with Gasteiger partial charge in [-0.15, -0.1) is 0 Å². The normalized spacial score (nSPS) is 19.3. The molecule has 5 heteroatoms. The third kappa shape index (κ3) is 1.58. The quantitative estimate of drug-likeness (QED) is 0.794. The van der Waals surface area contributed by atoms with Gasteiger partial charge in [-0.25, -0.2) is 4.79 Å². The zero-order valence-electron chi connectivity index (χ0n) is 8.39. The van der Waals surface area contributed by atoms with E-state index in [1.165, 1.54) is 17.7 Å². The first kappa shape index (κ1) is 8.76. The first-order chi connectivity index (χ1) is 7.22. The van der Waals surface area contributed by atoms with Crippen molar-refractivity contribution in [3.05, 3.63) is 17.5 Å². The molecule has 0 aromatic carbocycles. The van der Waals surface area contributed by atoms with Crippen LogP contribution in [0.5, 0.6) is 0 Å². The van der Waals surface area contributed by atoms with Crippen LogP contribution in [0.2, 0.25) is 0 Å². The van der Waals surface area contributed by atoms with Gasteiger partial charge in [-0.05, 0) is 18.8 Å². The van der Waals surface area contributed by atoms with E-state index in [4.69, 9.17) is 5.11 Å². The topological polar surface area (TPSA) is 58.4 Å². The van der Waals surface area contributed by atoms with Gasteiger partial charge in [-0.3, -0.25) is 9.58 Å². The fourth-order valence-electron chi connectivity index (χ4n) is 2.00. The SMILES string of the molecule is O=C(O)N1Cc2cn(CC3CC3)nc2C1. The smallest absolute Gasteiger partial charge is 0.407 e. The monoisotopic (exact) mass is 207 g/mol. The van der Waals surface area contributed by atoms with Gasteiger partial charge >= 0.3 is 6.09 Å². The Morgan fingerprint density at radius 1 is 1.53 bits per heavy atom. The van der Waals surface area contributed by atoms with Crippen LogP contribution in [-0.2, 0) is 19.6 Å². The minimum Gasteiger partial charge on any atom is -0.465 e. The Kier molecular flexibility index (Phi) is 1.74. The second-order valence-corrected chi connectivity index (χ2v) is 4.41. The first-order valence-electron chi connectivity index (χ1n) is 5.25. The summed E-state index contributed by atoms with van der Waals surface area (Å²) in [5.41, 5.74) is 2.00. The summed E-state index contributed by atoms with van der Waals surface area (Å²) in [7, 11) is 0. The van der Waals surface area contributed by atoms with Gasteiger partial charge in [0.15, 0.2) is 0 Å². The molecular weight excluding hydrogens is 194 g/mol. The fraction of sp³-hybridized carbons (Fsp3) is 0.600. The van der Waals surface area contributed by atoms with Crippen molar-refractivity contribution in [2.45, 2.75) is 32.5 Å². The van der Waals surface area contributed by atoms with E-state index in [0.717, 1.165) is 23.7 Å². The van der Waals surface area contributed by atoms with Crippen molar-refractivity contribution in [1.29, 1.82) is 0 Å². The molecule has 1 amide bonds. The Hall–Kier alpha value is -1.52. The van der Waals surface area contributed by atoms with Gasteiger partial charge in [0.1, 0.15) is 0 Å². The predicted molar refractivity (Wildman–Crippen MR) is 52.2 cm³/mol. The van der Waals surface area contributed by atoms with Crippen molar-refractivity contribution in [3.63, 3.8) is 0 Å². The standard InChI is InChI=1S/C10H13N3O2/c14-10(15)12-4-8-5-13(3-7-1-2-7)11-9(8)6-12/h5,7H,1-4,6H2,(H,14,15). The highest BCUT2D eigenvalue weighted by molar-refractivity contribution is 5.66. The van der Waals surface area contributed by atoms with Crippen LogP contribution in [0.15, 0.2) is 6.20 Å². The van der Waals surface area contributed by atoms with E-state index in [1.54, 1.807) is 0 Å². The van der Waals surface area contributed by atoms with Crippen LogP contribution >= 0.6 is 0 Å². The zero-order valence-corrected chi connectivity index (χ0v) is 8.39. The predicted octanol–water partition coefficient (Wildman–Crippen LogP) is 1.29. The van der Waals surface area contributed by atoms with E-state index in [1.807, 2.05) is 10.9 Å². The number of amides is 1. The van der Waals surface area contributed by atoms with Crippen LogP contribution in [0.4, 0.5) is 4.79 Å². The molecule has 0 radical (unpaired) electrons. The number of rotatable bonds is 2. The summed E-state index contributed by atoms with van der Waals surface area (Å²) >= 11 is 0. The molecule has 0 bridgehead atoms. The molecule has 5 nitrogen and oxygen atoms in total. The van der Waals surface area contributed by atoms with Crippen LogP contribution < -0.4 is 0 Å². The second-order valence-electron chi connectivity index (χ2n) is 4.41. The van der Waals surface area contributed by atoms with Gasteiger partial charge < -0.3 is 5.11 Å². The molecule has 80 valence electrons. The van der Waals surface area contributed by atoms with Gasteiger partial charge in [0.25, 0.3) is 0 Å². The summed E-state index contributed by atoms with van der Waals surface area (Å²) in [6.45, 7) is 1.94. The second kappa shape index (κ2) is 2.98. The first-order valence-corrected chi connectivity index (χ1v) is 5.25. The number of hydrogen-bond donors (Lipinski definition) is 1. The fourth-order valence-corrected chi connectivity index (χ4v) is 2.00. The lowest BCUT2D eigenvalue weighted by Gasteiger charge is -2.09. The summed E-state index contributed by atoms with van der Waals surface area (Å²) in [4.78, 5) is 12.1. The largest absolute Gasteiger partial charge is 0.465 e. The van der Waals surface area contributed by atoms with Gasteiger partial charge in [0.05, 0.1) is 18.8 Å². The molecule has 0 saturated heterocycles. The van der Waals surface area contributed by atoms with Crippen LogP contribution in [0, 0.1) is 5.92 Å². The van der Waals surface area contributed by atoms with Gasteiger partial charge in [0, 0.05) is 18.3 Å². The van der Waals surface area contributed by atoms with Crippen molar-refractivity contribution < 1.29 is 9.90 Å². The van der Waals surface area contributed by atoms with Crippen molar-refractivity contribution in [3.8, 4) is 0 Å². The summed E-state index contributed by atoms with van der Waals surface area (Å²) in [5.74, 6) is 0.806. The highest BCUT2D eigenvalue weighted by Gasteiger charge is 2.27. The molecular formula is C10H13N3O2. The molecule has 1 saturated carbocycles. The molecule has 1 fully saturated rings. The Balaban J connectivity index is 1.73. The molecule has 15 heavy (non-hydrogen) atoms. The number of carboxylic acid groups (broad SMARTS) is 1. The lowest BCUT2D eigenvalue weighted by Crippen LogP contribution is -2.23. The molecule has 1 aliphatic carbocycles. The maximum absolute atomic E-state index is 10.7. The van der Waals surface area contributed by atoms with E-state index in [9.17, 15) is 4.79 Å². The maximum atomic E-state index is 10.7. The Morgan fingerprint density at radius 2 is 2.33 bits per heavy atom. The highest BCUT2D eigenvalue weighted by atomic mass is 16.4. The van der Waals surface area contributed by atoms with E-state index in [0.29, 0.717) is 13.1 Å². The summed E-state index contributed by atoms with van der Waals surface area (Å²) in [6.07, 6.45) is 3.76. The number of fused-ring (bicyclic) bond motifs is 1. The number of nitrogens with zero attached hydrogens (tertiary/aromatic N) is 3. The Labute approximate surface area is 87.3 Å². The Morgan fingerprint density at radius 3 is 2.93 bits per heavy atom. The third-order valence-corrected chi connectivity index (χ3v) is 3.04. The Bertz CT molecular complexity index is 385. The lowest BCUT2D eigenvalue weighted by atomic mass is 10.3. The van der Waals surface area contributed by atoms with Gasteiger partial charge in [-0.2, -0.15) is 5.10 Å². The number of hydrogen-bond acceptors (Lipinski definition) is 2.